The van der Waals surface area contributed by atoms with Gasteiger partial charge in [-0.15, -0.1) is 0 Å². The van der Waals surface area contributed by atoms with Crippen molar-refractivity contribution in [1.82, 2.24) is 5.32 Å². The molecule has 3 aliphatic rings. The van der Waals surface area contributed by atoms with E-state index in [1.165, 1.54) is 6.08 Å². The third-order valence-corrected chi connectivity index (χ3v) is 14.2. The van der Waals surface area contributed by atoms with E-state index < -0.39 is 124 Å². The molecule has 3 aliphatic heterocycles. The number of aliphatic hydroxyl groups excluding tert-OH is 11. The van der Waals surface area contributed by atoms with Crippen molar-refractivity contribution in [2.75, 3.05) is 26.4 Å². The Kier molecular flexibility index (Phi) is 40.3. The lowest BCUT2D eigenvalue weighted by Crippen LogP contribution is -2.66. The molecule has 0 aromatic rings. The van der Waals surface area contributed by atoms with Crippen LogP contribution in [-0.4, -0.2) is 193 Å². The van der Waals surface area contributed by atoms with Crippen LogP contribution in [0, 0.1) is 0 Å². The van der Waals surface area contributed by atoms with E-state index in [2.05, 4.69) is 122 Å². The monoisotopic (exact) mass is 1170 g/mol. The Balaban J connectivity index is 1.29. The van der Waals surface area contributed by atoms with Crippen molar-refractivity contribution in [3.8, 4) is 0 Å². The fraction of sp³-hybridized carbons (Fsp3) is 0.672. The van der Waals surface area contributed by atoms with E-state index >= 15 is 0 Å². The van der Waals surface area contributed by atoms with Gasteiger partial charge in [-0.2, -0.15) is 0 Å². The van der Waals surface area contributed by atoms with Crippen molar-refractivity contribution in [3.05, 3.63) is 122 Å². The quantitative estimate of drug-likeness (QED) is 0.0258. The smallest absolute Gasteiger partial charge is 0.220 e. The molecule has 0 spiro atoms. The Morgan fingerprint density at radius 3 is 1.28 bits per heavy atom. The lowest BCUT2D eigenvalue weighted by molar-refractivity contribution is -0.379. The molecule has 0 saturated carbocycles. The fourth-order valence-electron chi connectivity index (χ4n) is 9.30. The number of hydrogen-bond acceptors (Lipinski definition) is 18. The van der Waals surface area contributed by atoms with Crippen LogP contribution in [0.2, 0.25) is 0 Å². The van der Waals surface area contributed by atoms with Gasteiger partial charge in [-0.1, -0.05) is 174 Å². The van der Waals surface area contributed by atoms with Gasteiger partial charge in [0.15, 0.2) is 18.9 Å². The number of hydrogen-bond donors (Lipinski definition) is 12. The molecule has 3 rings (SSSR count). The number of aliphatic hydroxyl groups is 11. The Morgan fingerprint density at radius 2 is 0.831 bits per heavy atom. The van der Waals surface area contributed by atoms with E-state index in [1.807, 2.05) is 6.92 Å². The van der Waals surface area contributed by atoms with Crippen LogP contribution < -0.4 is 5.32 Å². The third-order valence-electron chi connectivity index (χ3n) is 14.2. The molecule has 0 bridgehead atoms. The van der Waals surface area contributed by atoms with Crippen molar-refractivity contribution >= 4 is 5.91 Å². The van der Waals surface area contributed by atoms with Gasteiger partial charge in [0.25, 0.3) is 0 Å². The summed E-state index contributed by atoms with van der Waals surface area (Å²) in [6, 6.07) is -0.983. The molecule has 3 heterocycles. The van der Waals surface area contributed by atoms with E-state index in [4.69, 9.17) is 28.4 Å². The summed E-state index contributed by atoms with van der Waals surface area (Å²) in [6.45, 7) is 1.31. The molecule has 3 fully saturated rings. The van der Waals surface area contributed by atoms with Crippen LogP contribution in [0.5, 0.6) is 0 Å². The average Bonchev–Trinajstić information content (AvgIpc) is 3.28. The second-order valence-corrected chi connectivity index (χ2v) is 21.1. The number of carbonyl (C=O) groups excluding carboxylic acids is 1. The number of rotatable bonds is 42. The fourth-order valence-corrected chi connectivity index (χ4v) is 9.30. The highest BCUT2D eigenvalue weighted by molar-refractivity contribution is 5.76. The molecule has 472 valence electrons. The number of carbonyl (C=O) groups is 1. The molecular weight excluding hydrogens is 1070 g/mol. The maximum Gasteiger partial charge on any atom is 0.220 e. The highest BCUT2D eigenvalue weighted by Gasteiger charge is 2.53. The minimum Gasteiger partial charge on any atom is -0.394 e. The minimum atomic E-state index is -1.98. The molecule has 3 saturated heterocycles. The van der Waals surface area contributed by atoms with Crippen LogP contribution in [0.4, 0.5) is 0 Å². The summed E-state index contributed by atoms with van der Waals surface area (Å²) in [4.78, 5) is 13.1. The molecule has 17 atom stereocenters. The summed E-state index contributed by atoms with van der Waals surface area (Å²) < 4.78 is 33.9. The predicted molar refractivity (Wildman–Crippen MR) is 318 cm³/mol. The highest BCUT2D eigenvalue weighted by Crippen LogP contribution is 2.33. The van der Waals surface area contributed by atoms with Gasteiger partial charge >= 0.3 is 0 Å². The molecule has 12 N–H and O–H groups in total. The maximum absolute atomic E-state index is 13.1. The number of amides is 1. The Hall–Kier alpha value is -3.81. The summed E-state index contributed by atoms with van der Waals surface area (Å²) in [5.74, 6) is -0.307. The molecule has 0 aliphatic carbocycles. The molecule has 19 nitrogen and oxygen atoms in total. The van der Waals surface area contributed by atoms with E-state index in [0.29, 0.717) is 12.8 Å². The van der Waals surface area contributed by atoms with Crippen molar-refractivity contribution < 1.29 is 89.4 Å². The second kappa shape index (κ2) is 45.5. The molecular formula is C64H103NO18. The first-order valence-corrected chi connectivity index (χ1v) is 30.3. The van der Waals surface area contributed by atoms with Crippen molar-refractivity contribution in [3.63, 3.8) is 0 Å². The minimum absolute atomic E-state index is 0.218. The number of allylic oxidation sites excluding steroid dienone is 19. The van der Waals surface area contributed by atoms with E-state index in [1.54, 1.807) is 6.08 Å². The topological polar surface area (TPSA) is 307 Å². The zero-order valence-electron chi connectivity index (χ0n) is 49.1. The van der Waals surface area contributed by atoms with Gasteiger partial charge in [-0.25, -0.2) is 0 Å². The van der Waals surface area contributed by atoms with Gasteiger partial charge < -0.3 is 89.9 Å². The third kappa shape index (κ3) is 29.0. The van der Waals surface area contributed by atoms with E-state index in [9.17, 15) is 61.0 Å². The number of unbranched alkanes of at least 4 members (excludes halogenated alkanes) is 8. The summed E-state index contributed by atoms with van der Waals surface area (Å²) in [5.41, 5.74) is 0. The van der Waals surface area contributed by atoms with Crippen LogP contribution in [0.1, 0.15) is 142 Å². The van der Waals surface area contributed by atoms with Crippen LogP contribution in [0.15, 0.2) is 122 Å². The van der Waals surface area contributed by atoms with Gasteiger partial charge in [0.2, 0.25) is 5.91 Å². The van der Waals surface area contributed by atoms with Crippen LogP contribution in [-0.2, 0) is 33.2 Å². The molecule has 19 heteroatoms. The summed E-state index contributed by atoms with van der Waals surface area (Å²) in [6.07, 6.45) is 34.7. The standard InChI is InChI=1S/C64H103NO18/c1-3-5-7-8-9-10-11-12-13-14-15-16-17-18-19-20-21-22-23-24-25-26-27-28-29-30-31-32-33-34-35-36-37-38-40-42-52(70)65-47(48(69)41-39-6-4-2)46-78-62-58(76)55(73)60(50(44-67)80-62)83-64-59(77)56(74)61(51(45-68)81-64)82-63-57(75)54(72)53(71)49(43-66)79-63/h5,7,9-10,12-13,15-16,18-19,21-22,24-25,27-28,30-31,39,41,47-51,53-64,66-69,71-77H,3-4,6,8,11,14,17,20,23,26,29,32-38,40,42-46H2,1-2H3,(H,65,70)/b7-5-,10-9-,13-12-,16-15-,19-18-,22-21-,25-24-,28-27-,31-30-,41-39+. The molecule has 0 aromatic carbocycles. The second-order valence-electron chi connectivity index (χ2n) is 21.1. The lowest BCUT2D eigenvalue weighted by atomic mass is 9.96. The largest absolute Gasteiger partial charge is 0.394 e. The first kappa shape index (κ1) is 73.4. The molecule has 0 radical (unpaired) electrons. The maximum atomic E-state index is 13.1. The SMILES string of the molecule is CC/C=C\C/C=C\C/C=C\C/C=C\C/C=C\C/C=C\C/C=C\C/C=C\C/C=C\CCCCCCCCCC(=O)NC(COC1OC(CO)C(OC2OC(CO)C(OC3OC(CO)C(O)C(O)C3O)C(O)C2O)C(O)C1O)C(O)/C=C/CCC. The summed E-state index contributed by atoms with van der Waals surface area (Å²) in [7, 11) is 0. The zero-order valence-corrected chi connectivity index (χ0v) is 49.1. The Bertz CT molecular complexity index is 1980. The molecule has 1 amide bonds. The highest BCUT2D eigenvalue weighted by atomic mass is 16.8. The molecule has 0 aromatic heterocycles. The number of ether oxygens (including phenoxy) is 6. The van der Waals surface area contributed by atoms with Gasteiger partial charge in [-0.3, -0.25) is 4.79 Å². The van der Waals surface area contributed by atoms with Gasteiger partial charge in [0, 0.05) is 6.42 Å². The molecule has 17 unspecified atom stereocenters. The Labute approximate surface area is 493 Å². The zero-order chi connectivity index (χ0) is 60.5. The van der Waals surface area contributed by atoms with Crippen molar-refractivity contribution in [1.29, 1.82) is 0 Å². The van der Waals surface area contributed by atoms with Gasteiger partial charge in [0.1, 0.15) is 73.2 Å². The van der Waals surface area contributed by atoms with E-state index in [0.717, 1.165) is 109 Å². The van der Waals surface area contributed by atoms with E-state index in [-0.39, 0.29) is 18.9 Å². The summed E-state index contributed by atoms with van der Waals surface area (Å²) in [5, 5.41) is 119. The first-order valence-electron chi connectivity index (χ1n) is 30.3. The van der Waals surface area contributed by atoms with Crippen molar-refractivity contribution in [2.24, 2.45) is 0 Å². The Morgan fingerprint density at radius 1 is 0.446 bits per heavy atom. The lowest BCUT2D eigenvalue weighted by Gasteiger charge is -2.48. The molecule has 83 heavy (non-hydrogen) atoms. The number of nitrogens with one attached hydrogen (secondary N) is 1. The normalized spacial score (nSPS) is 30.3. The van der Waals surface area contributed by atoms with Crippen LogP contribution in [0.3, 0.4) is 0 Å². The van der Waals surface area contributed by atoms with Gasteiger partial charge in [-0.05, 0) is 83.5 Å². The average molecular weight is 1170 g/mol. The predicted octanol–water partition coefficient (Wildman–Crippen LogP) is 5.70. The van der Waals surface area contributed by atoms with Crippen LogP contribution >= 0.6 is 0 Å². The summed E-state index contributed by atoms with van der Waals surface area (Å²) >= 11 is 0. The first-order chi connectivity index (χ1) is 40.3. The van der Waals surface area contributed by atoms with Crippen molar-refractivity contribution in [2.45, 2.75) is 247 Å². The van der Waals surface area contributed by atoms with Crippen LogP contribution in [0.25, 0.3) is 0 Å². The van der Waals surface area contributed by atoms with Gasteiger partial charge in [0.05, 0.1) is 38.6 Å².